The number of carbonyl (C=O) groups is 2. The summed E-state index contributed by atoms with van der Waals surface area (Å²) in [6, 6.07) is 13.1. The van der Waals surface area contributed by atoms with Crippen LogP contribution in [-0.2, 0) is 23.1 Å². The van der Waals surface area contributed by atoms with Crippen molar-refractivity contribution in [1.29, 1.82) is 0 Å². The van der Waals surface area contributed by atoms with Crippen LogP contribution < -0.4 is 5.32 Å². The number of hydrogen-bond acceptors (Lipinski definition) is 6. The van der Waals surface area contributed by atoms with Crippen LogP contribution in [0.25, 0.3) is 11.1 Å². The molecule has 0 unspecified atom stereocenters. The minimum atomic E-state index is -4.95. The Bertz CT molecular complexity index is 1040. The van der Waals surface area contributed by atoms with Crippen LogP contribution in [0, 0.1) is 0 Å². The van der Waals surface area contributed by atoms with Gasteiger partial charge in [0.1, 0.15) is 12.6 Å². The third-order valence-corrected chi connectivity index (χ3v) is 7.56. The largest absolute Gasteiger partial charge is 0.480 e. The molecule has 1 atom stereocenters. The van der Waals surface area contributed by atoms with Gasteiger partial charge < -0.3 is 24.2 Å². The van der Waals surface area contributed by atoms with Gasteiger partial charge in [0, 0.05) is 5.92 Å². The summed E-state index contributed by atoms with van der Waals surface area (Å²) in [6.45, 7) is 1.92. The molecule has 184 valence electrons. The summed E-state index contributed by atoms with van der Waals surface area (Å²) in [5, 5.41) is 11.3. The number of halogens is 2. The van der Waals surface area contributed by atoms with E-state index < -0.39 is 37.8 Å². The summed E-state index contributed by atoms with van der Waals surface area (Å²) in [4.78, 5) is 23.9. The number of alkyl carbamates (subject to hydrolysis) is 1. The summed E-state index contributed by atoms with van der Waals surface area (Å²) in [5.41, 5.74) is -0.284. The summed E-state index contributed by atoms with van der Waals surface area (Å²) in [7, 11) is -4.95. The normalized spacial score (nSPS) is 14.2. The van der Waals surface area contributed by atoms with Crippen molar-refractivity contribution in [2.45, 2.75) is 37.9 Å². The Hall–Kier alpha value is -2.81. The first-order chi connectivity index (χ1) is 16.1. The van der Waals surface area contributed by atoms with Crippen LogP contribution in [0.4, 0.5) is 13.6 Å². The SMILES string of the molecule is CCOP(=O)(OCC)C(F)(F)C[C@H](NC(=O)OCC1c2ccccc2-c2ccccc21)C(=O)O. The summed E-state index contributed by atoms with van der Waals surface area (Å²) < 4.78 is 56.4. The monoisotopic (exact) mass is 497 g/mol. The molecule has 1 amide bonds. The number of nitrogens with one attached hydrogen (secondary N) is 1. The molecule has 3 rings (SSSR count). The fourth-order valence-corrected chi connectivity index (χ4v) is 5.44. The zero-order chi connectivity index (χ0) is 24.9. The number of benzene rings is 2. The van der Waals surface area contributed by atoms with E-state index in [1.54, 1.807) is 0 Å². The van der Waals surface area contributed by atoms with Crippen molar-refractivity contribution in [3.63, 3.8) is 0 Å². The molecule has 0 spiro atoms. The summed E-state index contributed by atoms with van der Waals surface area (Å²) in [5.74, 6) is -2.04. The van der Waals surface area contributed by atoms with Crippen molar-refractivity contribution in [2.24, 2.45) is 0 Å². The zero-order valence-electron chi connectivity index (χ0n) is 18.7. The predicted molar refractivity (Wildman–Crippen MR) is 120 cm³/mol. The molecule has 0 aromatic heterocycles. The van der Waals surface area contributed by atoms with E-state index in [2.05, 4.69) is 9.05 Å². The third-order valence-electron chi connectivity index (χ3n) is 5.38. The van der Waals surface area contributed by atoms with Crippen LogP contribution in [0.5, 0.6) is 0 Å². The Kier molecular flexibility index (Phi) is 8.07. The number of carboxylic acids is 1. The van der Waals surface area contributed by atoms with Gasteiger partial charge in [-0.1, -0.05) is 48.5 Å². The molecule has 0 radical (unpaired) electrons. The van der Waals surface area contributed by atoms with Gasteiger partial charge in [0.05, 0.1) is 19.6 Å². The van der Waals surface area contributed by atoms with E-state index in [4.69, 9.17) is 4.74 Å². The van der Waals surface area contributed by atoms with Crippen LogP contribution in [0.15, 0.2) is 48.5 Å². The van der Waals surface area contributed by atoms with Gasteiger partial charge in [-0.05, 0) is 36.1 Å². The topological polar surface area (TPSA) is 111 Å². The molecular weight excluding hydrogens is 471 g/mol. The van der Waals surface area contributed by atoms with Gasteiger partial charge in [-0.25, -0.2) is 9.59 Å². The number of hydrogen-bond donors (Lipinski definition) is 2. The molecule has 0 fully saturated rings. The Labute approximate surface area is 195 Å². The van der Waals surface area contributed by atoms with Crippen molar-refractivity contribution in [2.75, 3.05) is 19.8 Å². The van der Waals surface area contributed by atoms with Crippen molar-refractivity contribution in [3.8, 4) is 11.1 Å². The van der Waals surface area contributed by atoms with Gasteiger partial charge >= 0.3 is 25.3 Å². The highest BCUT2D eigenvalue weighted by molar-refractivity contribution is 7.55. The van der Waals surface area contributed by atoms with Crippen LogP contribution in [0.1, 0.15) is 37.3 Å². The number of ether oxygens (including phenoxy) is 1. The molecule has 0 aliphatic heterocycles. The lowest BCUT2D eigenvalue weighted by molar-refractivity contribution is -0.141. The lowest BCUT2D eigenvalue weighted by Gasteiger charge is -2.27. The van der Waals surface area contributed by atoms with Gasteiger partial charge in [-0.3, -0.25) is 4.57 Å². The van der Waals surface area contributed by atoms with Gasteiger partial charge in [-0.15, -0.1) is 0 Å². The maximum atomic E-state index is 14.7. The Balaban J connectivity index is 1.69. The van der Waals surface area contributed by atoms with Crippen molar-refractivity contribution < 1.29 is 41.8 Å². The molecule has 34 heavy (non-hydrogen) atoms. The number of carboxylic acid groups (broad SMARTS) is 1. The number of rotatable bonds is 11. The van der Waals surface area contributed by atoms with E-state index in [0.29, 0.717) is 0 Å². The van der Waals surface area contributed by atoms with Crippen LogP contribution in [-0.4, -0.2) is 48.7 Å². The van der Waals surface area contributed by atoms with Crippen LogP contribution >= 0.6 is 7.60 Å². The van der Waals surface area contributed by atoms with E-state index in [9.17, 15) is 28.0 Å². The molecule has 1 aliphatic rings. The molecule has 0 bridgehead atoms. The molecule has 2 aromatic rings. The molecule has 1 aliphatic carbocycles. The van der Waals surface area contributed by atoms with Crippen molar-refractivity contribution in [3.05, 3.63) is 59.7 Å². The lowest BCUT2D eigenvalue weighted by Crippen LogP contribution is -2.45. The molecule has 8 nitrogen and oxygen atoms in total. The molecule has 11 heteroatoms. The van der Waals surface area contributed by atoms with Gasteiger partial charge in [0.15, 0.2) is 0 Å². The highest BCUT2D eigenvalue weighted by Crippen LogP contribution is 2.63. The van der Waals surface area contributed by atoms with E-state index in [-0.39, 0.29) is 25.7 Å². The van der Waals surface area contributed by atoms with E-state index >= 15 is 0 Å². The third kappa shape index (κ3) is 5.29. The average molecular weight is 497 g/mol. The minimum Gasteiger partial charge on any atom is -0.480 e. The minimum absolute atomic E-state index is 0.126. The van der Waals surface area contributed by atoms with E-state index in [0.717, 1.165) is 22.3 Å². The summed E-state index contributed by atoms with van der Waals surface area (Å²) >= 11 is 0. The number of aliphatic carboxylic acids is 1. The summed E-state index contributed by atoms with van der Waals surface area (Å²) in [6.07, 6.45) is -2.68. The molecule has 0 saturated heterocycles. The zero-order valence-corrected chi connectivity index (χ0v) is 19.6. The first-order valence-electron chi connectivity index (χ1n) is 10.7. The second kappa shape index (κ2) is 10.6. The molecule has 2 N–H and O–H groups in total. The fourth-order valence-electron chi connectivity index (χ4n) is 3.91. The maximum Gasteiger partial charge on any atom is 0.407 e. The van der Waals surface area contributed by atoms with E-state index in [1.165, 1.54) is 13.8 Å². The second-order valence-electron chi connectivity index (χ2n) is 7.56. The average Bonchev–Trinajstić information content (AvgIpc) is 3.11. The van der Waals surface area contributed by atoms with Crippen LogP contribution in [0.3, 0.4) is 0 Å². The number of fused-ring (bicyclic) bond motifs is 3. The van der Waals surface area contributed by atoms with Crippen LogP contribution in [0.2, 0.25) is 0 Å². The number of carbonyl (C=O) groups excluding carboxylic acids is 1. The molecule has 0 saturated carbocycles. The molecule has 0 heterocycles. The Morgan fingerprint density at radius 1 is 1.03 bits per heavy atom. The lowest BCUT2D eigenvalue weighted by atomic mass is 9.98. The van der Waals surface area contributed by atoms with E-state index in [1.807, 2.05) is 53.8 Å². The molecular formula is C23H26F2NO7P. The highest BCUT2D eigenvalue weighted by atomic mass is 31.2. The van der Waals surface area contributed by atoms with Crippen molar-refractivity contribution >= 4 is 19.7 Å². The molecule has 2 aromatic carbocycles. The van der Waals surface area contributed by atoms with Gasteiger partial charge in [0.25, 0.3) is 0 Å². The maximum absolute atomic E-state index is 14.7. The predicted octanol–water partition coefficient (Wildman–Crippen LogP) is 5.23. The van der Waals surface area contributed by atoms with Gasteiger partial charge in [0.2, 0.25) is 0 Å². The number of amides is 1. The first-order valence-corrected chi connectivity index (χ1v) is 12.3. The second-order valence-corrected chi connectivity index (χ2v) is 9.73. The Morgan fingerprint density at radius 3 is 2.00 bits per heavy atom. The number of alkyl halides is 2. The smallest absolute Gasteiger partial charge is 0.407 e. The fraction of sp³-hybridized carbons (Fsp3) is 0.391. The van der Waals surface area contributed by atoms with Crippen molar-refractivity contribution in [1.82, 2.24) is 5.32 Å². The quantitative estimate of drug-likeness (QED) is 0.409. The Morgan fingerprint density at radius 2 is 1.53 bits per heavy atom. The standard InChI is InChI=1S/C23H26F2NO7P/c1-3-32-34(30,33-4-2)23(24,25)13-20(21(27)28)26-22(29)31-14-19-17-11-7-5-9-15(17)16-10-6-8-12-18(16)19/h5-12,19-20H,3-4,13-14H2,1-2H3,(H,26,29)(H,27,28)/t20-/m0/s1. The highest BCUT2D eigenvalue weighted by Gasteiger charge is 2.55. The first kappa shape index (κ1) is 25.8. The van der Waals surface area contributed by atoms with Gasteiger partial charge in [-0.2, -0.15) is 8.78 Å².